The monoisotopic (exact) mass is 290 g/mol. The summed E-state index contributed by atoms with van der Waals surface area (Å²) in [5.41, 5.74) is 1.17. The first-order valence-electron chi connectivity index (χ1n) is 5.56. The summed E-state index contributed by atoms with van der Waals surface area (Å²) in [6, 6.07) is 4.35. The van der Waals surface area contributed by atoms with Gasteiger partial charge in [-0.15, -0.1) is 0 Å². The van der Waals surface area contributed by atoms with E-state index in [0.717, 1.165) is 0 Å². The lowest BCUT2D eigenvalue weighted by Gasteiger charge is -2.11. The summed E-state index contributed by atoms with van der Waals surface area (Å²) >= 11 is 0. The Labute approximate surface area is 113 Å². The SMILES string of the molecule is CNC(=O)c1ccc(NC(=O)OCC(F)(F)F)c(C)c1. The molecule has 1 aromatic rings. The van der Waals surface area contributed by atoms with Crippen LogP contribution >= 0.6 is 0 Å². The number of nitrogens with one attached hydrogen (secondary N) is 2. The third-order valence-electron chi connectivity index (χ3n) is 2.32. The Morgan fingerprint density at radius 1 is 1.30 bits per heavy atom. The Morgan fingerprint density at radius 3 is 2.45 bits per heavy atom. The number of benzene rings is 1. The van der Waals surface area contributed by atoms with Gasteiger partial charge in [-0.05, 0) is 30.7 Å². The molecule has 0 atom stereocenters. The highest BCUT2D eigenvalue weighted by molar-refractivity contribution is 5.95. The van der Waals surface area contributed by atoms with E-state index in [1.165, 1.54) is 25.2 Å². The number of carbonyl (C=O) groups excluding carboxylic acids is 2. The quantitative estimate of drug-likeness (QED) is 0.898. The van der Waals surface area contributed by atoms with Gasteiger partial charge >= 0.3 is 12.3 Å². The molecule has 0 bridgehead atoms. The van der Waals surface area contributed by atoms with Crippen LogP contribution in [0.3, 0.4) is 0 Å². The standard InChI is InChI=1S/C12H13F3N2O3/c1-7-5-8(10(18)16-2)3-4-9(7)17-11(19)20-6-12(13,14)15/h3-5H,6H2,1-2H3,(H,16,18)(H,17,19). The van der Waals surface area contributed by atoms with E-state index in [4.69, 9.17) is 0 Å². The van der Waals surface area contributed by atoms with Gasteiger partial charge in [0.15, 0.2) is 6.61 Å². The van der Waals surface area contributed by atoms with E-state index >= 15 is 0 Å². The molecular weight excluding hydrogens is 277 g/mol. The number of alkyl halides is 3. The van der Waals surface area contributed by atoms with E-state index in [9.17, 15) is 22.8 Å². The number of amides is 2. The minimum absolute atomic E-state index is 0.268. The van der Waals surface area contributed by atoms with Crippen molar-refractivity contribution in [2.45, 2.75) is 13.1 Å². The predicted molar refractivity (Wildman–Crippen MR) is 65.6 cm³/mol. The van der Waals surface area contributed by atoms with Crippen molar-refractivity contribution in [3.8, 4) is 0 Å². The van der Waals surface area contributed by atoms with Crippen LogP contribution in [-0.2, 0) is 4.74 Å². The van der Waals surface area contributed by atoms with Crippen molar-refractivity contribution >= 4 is 17.7 Å². The predicted octanol–water partition coefficient (Wildman–Crippen LogP) is 2.47. The van der Waals surface area contributed by atoms with Gasteiger partial charge in [-0.1, -0.05) is 0 Å². The molecule has 0 aliphatic rings. The lowest BCUT2D eigenvalue weighted by atomic mass is 10.1. The minimum Gasteiger partial charge on any atom is -0.440 e. The Balaban J connectivity index is 2.69. The van der Waals surface area contributed by atoms with Crippen molar-refractivity contribution in [1.29, 1.82) is 0 Å². The summed E-state index contributed by atoms with van der Waals surface area (Å²) in [4.78, 5) is 22.5. The number of halogens is 3. The maximum atomic E-state index is 11.9. The highest BCUT2D eigenvalue weighted by Crippen LogP contribution is 2.18. The van der Waals surface area contributed by atoms with E-state index < -0.39 is 18.9 Å². The highest BCUT2D eigenvalue weighted by Gasteiger charge is 2.29. The molecule has 0 aromatic heterocycles. The normalized spacial score (nSPS) is 10.8. The molecular formula is C12H13F3N2O3. The molecule has 0 spiro atoms. The fourth-order valence-electron chi connectivity index (χ4n) is 1.38. The van der Waals surface area contributed by atoms with Gasteiger partial charge in [-0.3, -0.25) is 10.1 Å². The van der Waals surface area contributed by atoms with Gasteiger partial charge in [0, 0.05) is 18.3 Å². The average molecular weight is 290 g/mol. The first-order valence-corrected chi connectivity index (χ1v) is 5.56. The van der Waals surface area contributed by atoms with Crippen molar-refractivity contribution in [2.24, 2.45) is 0 Å². The molecule has 1 rings (SSSR count). The molecule has 0 aliphatic heterocycles. The van der Waals surface area contributed by atoms with E-state index in [2.05, 4.69) is 15.4 Å². The molecule has 0 fully saturated rings. The molecule has 0 aliphatic carbocycles. The zero-order chi connectivity index (χ0) is 15.3. The number of hydrogen-bond donors (Lipinski definition) is 2. The molecule has 0 saturated carbocycles. The molecule has 1 aromatic carbocycles. The van der Waals surface area contributed by atoms with Gasteiger partial charge in [0.2, 0.25) is 0 Å². The van der Waals surface area contributed by atoms with Gasteiger partial charge in [-0.2, -0.15) is 13.2 Å². The van der Waals surface area contributed by atoms with Crippen LogP contribution in [0, 0.1) is 6.92 Å². The molecule has 5 nitrogen and oxygen atoms in total. The van der Waals surface area contributed by atoms with Gasteiger partial charge in [0.05, 0.1) is 0 Å². The van der Waals surface area contributed by atoms with E-state index in [1.54, 1.807) is 6.92 Å². The average Bonchev–Trinajstić information content (AvgIpc) is 2.37. The molecule has 0 saturated heterocycles. The number of hydrogen-bond acceptors (Lipinski definition) is 3. The van der Waals surface area contributed by atoms with Crippen molar-refractivity contribution in [3.05, 3.63) is 29.3 Å². The molecule has 0 heterocycles. The van der Waals surface area contributed by atoms with Gasteiger partial charge < -0.3 is 10.1 Å². The van der Waals surface area contributed by atoms with Crippen LogP contribution in [-0.4, -0.2) is 31.8 Å². The summed E-state index contributed by atoms with van der Waals surface area (Å²) in [5, 5.41) is 4.60. The van der Waals surface area contributed by atoms with Crippen molar-refractivity contribution in [1.82, 2.24) is 5.32 Å². The maximum absolute atomic E-state index is 11.9. The van der Waals surface area contributed by atoms with Crippen LogP contribution in [0.5, 0.6) is 0 Å². The van der Waals surface area contributed by atoms with Crippen LogP contribution in [0.15, 0.2) is 18.2 Å². The highest BCUT2D eigenvalue weighted by atomic mass is 19.4. The number of rotatable bonds is 3. The molecule has 110 valence electrons. The van der Waals surface area contributed by atoms with Crippen LogP contribution in [0.25, 0.3) is 0 Å². The molecule has 0 radical (unpaired) electrons. The third kappa shape index (κ3) is 4.79. The van der Waals surface area contributed by atoms with E-state index in [0.29, 0.717) is 11.1 Å². The van der Waals surface area contributed by atoms with Crippen molar-refractivity contribution < 1.29 is 27.5 Å². The summed E-state index contributed by atoms with van der Waals surface area (Å²) in [7, 11) is 1.47. The topological polar surface area (TPSA) is 67.4 Å². The lowest BCUT2D eigenvalue weighted by molar-refractivity contribution is -0.159. The van der Waals surface area contributed by atoms with Gasteiger partial charge in [-0.25, -0.2) is 4.79 Å². The summed E-state index contributed by atoms with van der Waals surface area (Å²) < 4.78 is 39.6. The number of ether oxygens (including phenoxy) is 1. The molecule has 20 heavy (non-hydrogen) atoms. The number of carbonyl (C=O) groups is 2. The van der Waals surface area contributed by atoms with Crippen LogP contribution in [0.2, 0.25) is 0 Å². The molecule has 2 amide bonds. The second-order valence-corrected chi connectivity index (χ2v) is 3.93. The van der Waals surface area contributed by atoms with Crippen molar-refractivity contribution in [3.63, 3.8) is 0 Å². The molecule has 8 heteroatoms. The molecule has 2 N–H and O–H groups in total. The van der Waals surface area contributed by atoms with E-state index in [-0.39, 0.29) is 11.6 Å². The van der Waals surface area contributed by atoms with Crippen LogP contribution < -0.4 is 10.6 Å². The Bertz CT molecular complexity index is 515. The summed E-state index contributed by atoms with van der Waals surface area (Å²) in [5.74, 6) is -0.306. The smallest absolute Gasteiger partial charge is 0.422 e. The Morgan fingerprint density at radius 2 is 1.95 bits per heavy atom. The fraction of sp³-hybridized carbons (Fsp3) is 0.333. The first kappa shape index (κ1) is 15.8. The van der Waals surface area contributed by atoms with Gasteiger partial charge in [0.1, 0.15) is 0 Å². The second-order valence-electron chi connectivity index (χ2n) is 3.93. The number of aryl methyl sites for hydroxylation is 1. The van der Waals surface area contributed by atoms with Crippen LogP contribution in [0.4, 0.5) is 23.7 Å². The van der Waals surface area contributed by atoms with Crippen molar-refractivity contribution in [2.75, 3.05) is 19.0 Å². The summed E-state index contributed by atoms with van der Waals surface area (Å²) in [6.45, 7) is -0.0555. The van der Waals surface area contributed by atoms with Gasteiger partial charge in [0.25, 0.3) is 5.91 Å². The third-order valence-corrected chi connectivity index (χ3v) is 2.32. The maximum Gasteiger partial charge on any atom is 0.422 e. The van der Waals surface area contributed by atoms with E-state index in [1.807, 2.05) is 0 Å². The van der Waals surface area contributed by atoms with Crippen LogP contribution in [0.1, 0.15) is 15.9 Å². The zero-order valence-electron chi connectivity index (χ0n) is 10.8. The molecule has 0 unspecified atom stereocenters. The Kier molecular flexibility index (Phi) is 4.95. The second kappa shape index (κ2) is 6.27. The summed E-state index contributed by atoms with van der Waals surface area (Å²) in [6.07, 6.45) is -5.78. The Hall–Kier alpha value is -2.25. The number of anilines is 1. The largest absolute Gasteiger partial charge is 0.440 e. The fourth-order valence-corrected chi connectivity index (χ4v) is 1.38. The zero-order valence-corrected chi connectivity index (χ0v) is 10.8. The lowest BCUT2D eigenvalue weighted by Crippen LogP contribution is -2.23. The first-order chi connectivity index (χ1) is 9.23. The minimum atomic E-state index is -4.57.